The molecule has 1 aliphatic carbocycles. The van der Waals surface area contributed by atoms with E-state index in [1.165, 1.54) is 0 Å². The Balaban J connectivity index is 2.07. The number of esters is 1. The monoisotopic (exact) mass is 544 g/mol. The summed E-state index contributed by atoms with van der Waals surface area (Å²) in [5.41, 5.74) is 0. The minimum absolute atomic E-state index is 0.00684. The molecule has 2 aliphatic rings. The Hall–Kier alpha value is -0.256. The van der Waals surface area contributed by atoms with Crippen LogP contribution < -0.4 is 0 Å². The Kier molecular flexibility index (Phi) is 10.5. The van der Waals surface area contributed by atoms with E-state index in [2.05, 4.69) is 81.6 Å². The summed E-state index contributed by atoms with van der Waals surface area (Å²) < 4.78 is 31.9. The fourth-order valence-corrected chi connectivity index (χ4v) is 6.96. The average Bonchev–Trinajstić information content (AvgIpc) is 3.48. The van der Waals surface area contributed by atoms with Gasteiger partial charge in [-0.25, -0.2) is 0 Å². The summed E-state index contributed by atoms with van der Waals surface area (Å²) in [4.78, 5) is 12.0. The molecule has 0 bridgehead atoms. The maximum atomic E-state index is 12.0. The van der Waals surface area contributed by atoms with Gasteiger partial charge in [0.2, 0.25) is 0 Å². The van der Waals surface area contributed by atoms with Crippen LogP contribution in [0.4, 0.5) is 0 Å². The lowest BCUT2D eigenvalue weighted by Gasteiger charge is -2.48. The zero-order valence-electron chi connectivity index (χ0n) is 25.5. The minimum Gasteiger partial charge on any atom is -0.466 e. The van der Waals surface area contributed by atoms with Gasteiger partial charge in [0.15, 0.2) is 22.9 Å². The van der Waals surface area contributed by atoms with Crippen LogP contribution in [-0.2, 0) is 27.9 Å². The second kappa shape index (κ2) is 11.9. The van der Waals surface area contributed by atoms with Crippen LogP contribution in [0.1, 0.15) is 88.0 Å². The molecule has 0 aromatic heterocycles. The normalized spacial score (nSPS) is 30.7. The zero-order chi connectivity index (χ0) is 27.7. The van der Waals surface area contributed by atoms with Crippen molar-refractivity contribution in [2.24, 2.45) is 11.8 Å². The lowest BCUT2D eigenvalue weighted by molar-refractivity contribution is -0.268. The van der Waals surface area contributed by atoms with E-state index in [9.17, 15) is 4.79 Å². The molecule has 2 fully saturated rings. The molecular weight excluding hydrogens is 488 g/mol. The van der Waals surface area contributed by atoms with Gasteiger partial charge in [0.25, 0.3) is 0 Å². The highest BCUT2D eigenvalue weighted by atomic mass is 28.4. The molecule has 0 aromatic carbocycles. The maximum absolute atomic E-state index is 12.0. The quantitative estimate of drug-likeness (QED) is 0.201. The number of hydrogen-bond donors (Lipinski definition) is 0. The molecule has 36 heavy (non-hydrogen) atoms. The fourth-order valence-electron chi connectivity index (χ4n) is 4.25. The first-order valence-corrected chi connectivity index (χ1v) is 19.9. The van der Waals surface area contributed by atoms with Crippen molar-refractivity contribution in [1.29, 1.82) is 0 Å². The van der Waals surface area contributed by atoms with Crippen molar-refractivity contribution in [2.45, 2.75) is 155 Å². The topological polar surface area (TPSA) is 63.2 Å². The molecule has 1 heterocycles. The van der Waals surface area contributed by atoms with E-state index in [1.54, 1.807) is 0 Å². The van der Waals surface area contributed by atoms with Crippen LogP contribution in [0.5, 0.6) is 0 Å². The summed E-state index contributed by atoms with van der Waals surface area (Å²) in [6.07, 6.45) is 2.96. The van der Waals surface area contributed by atoms with Gasteiger partial charge in [0, 0.05) is 6.42 Å². The van der Waals surface area contributed by atoms with Crippen molar-refractivity contribution in [2.75, 3.05) is 6.61 Å². The van der Waals surface area contributed by atoms with Crippen molar-refractivity contribution in [3.8, 4) is 0 Å². The Morgan fingerprint density at radius 2 is 1.47 bits per heavy atom. The van der Waals surface area contributed by atoms with Gasteiger partial charge in [0.1, 0.15) is 0 Å². The van der Waals surface area contributed by atoms with E-state index in [0.29, 0.717) is 12.5 Å². The van der Waals surface area contributed by atoms with Crippen molar-refractivity contribution in [1.82, 2.24) is 0 Å². The van der Waals surface area contributed by atoms with E-state index in [-0.39, 0.29) is 46.4 Å². The molecule has 1 saturated heterocycles. The molecule has 0 radical (unpaired) electrons. The molecule has 2 rings (SSSR count). The number of ether oxygens (including phenoxy) is 3. The van der Waals surface area contributed by atoms with Crippen molar-refractivity contribution >= 4 is 22.6 Å². The predicted molar refractivity (Wildman–Crippen MR) is 151 cm³/mol. The average molecular weight is 545 g/mol. The summed E-state index contributed by atoms with van der Waals surface area (Å²) in [6.45, 7) is 29.3. The van der Waals surface area contributed by atoms with Crippen molar-refractivity contribution in [3.05, 3.63) is 0 Å². The highest BCUT2D eigenvalue weighted by Gasteiger charge is 2.48. The first kappa shape index (κ1) is 32.0. The van der Waals surface area contributed by atoms with Crippen molar-refractivity contribution in [3.63, 3.8) is 0 Å². The summed E-state index contributed by atoms with van der Waals surface area (Å²) in [6, 6.07) is 0. The minimum atomic E-state index is -2.04. The fraction of sp³-hybridized carbons (Fsp3) is 0.964. The van der Waals surface area contributed by atoms with E-state index in [0.717, 1.165) is 25.7 Å². The van der Waals surface area contributed by atoms with Crippen LogP contribution in [0.3, 0.4) is 0 Å². The van der Waals surface area contributed by atoms with Gasteiger partial charge in [-0.1, -0.05) is 41.5 Å². The van der Waals surface area contributed by atoms with Crippen LogP contribution >= 0.6 is 0 Å². The molecule has 0 N–H and O–H groups in total. The number of carbonyl (C=O) groups is 1. The first-order valence-electron chi connectivity index (χ1n) is 14.1. The first-order chi connectivity index (χ1) is 16.3. The predicted octanol–water partition coefficient (Wildman–Crippen LogP) is 7.29. The highest BCUT2D eigenvalue weighted by Crippen LogP contribution is 2.44. The molecule has 212 valence electrons. The summed E-state index contributed by atoms with van der Waals surface area (Å²) >= 11 is 0. The van der Waals surface area contributed by atoms with Crippen LogP contribution in [0.15, 0.2) is 0 Å². The number of carbonyl (C=O) groups excluding carboxylic acids is 1. The summed E-state index contributed by atoms with van der Waals surface area (Å²) in [5, 5.41) is 0.227. The lowest BCUT2D eigenvalue weighted by Crippen LogP contribution is -2.57. The largest absolute Gasteiger partial charge is 0.466 e. The van der Waals surface area contributed by atoms with Gasteiger partial charge in [0.05, 0.1) is 36.9 Å². The van der Waals surface area contributed by atoms with Gasteiger partial charge in [-0.3, -0.25) is 4.79 Å². The van der Waals surface area contributed by atoms with Crippen LogP contribution in [0.2, 0.25) is 36.3 Å². The smallest absolute Gasteiger partial charge is 0.309 e. The van der Waals surface area contributed by atoms with Crippen LogP contribution in [0.25, 0.3) is 0 Å². The zero-order valence-corrected chi connectivity index (χ0v) is 27.5. The Morgan fingerprint density at radius 1 is 0.944 bits per heavy atom. The summed E-state index contributed by atoms with van der Waals surface area (Å²) in [5.74, 6) is 0.449. The molecule has 0 amide bonds. The molecule has 1 aliphatic heterocycles. The SMILES string of the molecule is CCOC(=O)C1CC1CCC(C)O[C@@H]1O[C@@H](C)[C@H](O[Si](C)(C)C(C)(C)C)C[C@H]1O[Si](C)(C)C(C)(C)C. The Morgan fingerprint density at radius 3 is 1.97 bits per heavy atom. The Bertz CT molecular complexity index is 727. The van der Waals surface area contributed by atoms with E-state index < -0.39 is 22.9 Å². The molecule has 0 aromatic rings. The van der Waals surface area contributed by atoms with Crippen molar-refractivity contribution < 1.29 is 27.9 Å². The standard InChI is InChI=1S/C28H56O6Si2/c1-14-30-25(29)22-17-21(22)16-15-19(2)31-26-24(34-36(12,13)28(7,8)9)18-23(20(3)32-26)33-35(10,11)27(4,5)6/h19-24,26H,14-18H2,1-13H3/t19?,20-,21?,22?,23+,24+,26+/m0/s1. The van der Waals surface area contributed by atoms with Crippen LogP contribution in [-0.4, -0.2) is 59.9 Å². The van der Waals surface area contributed by atoms with E-state index in [4.69, 9.17) is 23.1 Å². The lowest BCUT2D eigenvalue weighted by atomic mass is 10.0. The Labute approximate surface area is 223 Å². The van der Waals surface area contributed by atoms with E-state index in [1.807, 2.05) is 6.92 Å². The second-order valence-corrected chi connectivity index (χ2v) is 23.7. The van der Waals surface area contributed by atoms with E-state index >= 15 is 0 Å². The molecule has 3 unspecified atom stereocenters. The molecule has 1 saturated carbocycles. The van der Waals surface area contributed by atoms with Gasteiger partial charge in [-0.05, 0) is 82.2 Å². The highest BCUT2D eigenvalue weighted by molar-refractivity contribution is 6.74. The summed E-state index contributed by atoms with van der Waals surface area (Å²) in [7, 11) is -4.00. The molecule has 6 nitrogen and oxygen atoms in total. The second-order valence-electron chi connectivity index (χ2n) is 14.2. The van der Waals surface area contributed by atoms with Crippen LogP contribution in [0, 0.1) is 11.8 Å². The van der Waals surface area contributed by atoms with Gasteiger partial charge < -0.3 is 23.1 Å². The molecule has 8 heteroatoms. The number of rotatable bonds is 11. The van der Waals surface area contributed by atoms with Gasteiger partial charge >= 0.3 is 5.97 Å². The molecule has 0 spiro atoms. The molecular formula is C28H56O6Si2. The van der Waals surface area contributed by atoms with Gasteiger partial charge in [-0.2, -0.15) is 0 Å². The molecule has 7 atom stereocenters. The number of hydrogen-bond acceptors (Lipinski definition) is 6. The van der Waals surface area contributed by atoms with Gasteiger partial charge in [-0.15, -0.1) is 0 Å². The third-order valence-corrected chi connectivity index (χ3v) is 18.0. The third-order valence-electron chi connectivity index (χ3n) is 8.97. The maximum Gasteiger partial charge on any atom is 0.309 e. The third kappa shape index (κ3) is 8.37.